The van der Waals surface area contributed by atoms with Crippen LogP contribution in [0.3, 0.4) is 0 Å². The SMILES string of the molecule is CC[C@@H](NC(=O)O)C(=O)Nc1cnc(Oc2ccc(C)c3c2C2(CC2)CO3)nc1. The highest BCUT2D eigenvalue weighted by Gasteiger charge is 2.53. The maximum Gasteiger partial charge on any atom is 0.405 e. The number of carboxylic acid groups (broad SMARTS) is 1. The molecule has 3 N–H and O–H groups in total. The predicted molar refractivity (Wildman–Crippen MR) is 104 cm³/mol. The van der Waals surface area contributed by atoms with Gasteiger partial charge in [0.25, 0.3) is 0 Å². The standard InChI is InChI=1S/C20H22N4O5/c1-3-13(24-19(26)27)17(25)23-12-8-21-18(22-9-12)29-14-5-4-11(2)16-15(14)20(6-7-20)10-28-16/h4-5,8-9,13,24H,3,6-7,10H2,1-2H3,(H,23,25)(H,26,27)/t13-/m1/s1. The largest absolute Gasteiger partial charge is 0.492 e. The Bertz CT molecular complexity index is 956. The highest BCUT2D eigenvalue weighted by atomic mass is 16.5. The molecular formula is C20H22N4O5. The van der Waals surface area contributed by atoms with Crippen molar-refractivity contribution in [1.82, 2.24) is 15.3 Å². The van der Waals surface area contributed by atoms with Gasteiger partial charge in [-0.2, -0.15) is 0 Å². The fraction of sp³-hybridized carbons (Fsp3) is 0.400. The van der Waals surface area contributed by atoms with Crippen LogP contribution in [0.5, 0.6) is 17.5 Å². The van der Waals surface area contributed by atoms with Crippen LogP contribution < -0.4 is 20.1 Å². The van der Waals surface area contributed by atoms with Crippen LogP contribution in [0.2, 0.25) is 0 Å². The van der Waals surface area contributed by atoms with Crippen LogP contribution in [-0.2, 0) is 10.2 Å². The normalized spacial score (nSPS) is 16.5. The zero-order chi connectivity index (χ0) is 20.6. The van der Waals surface area contributed by atoms with Gasteiger partial charge in [-0.15, -0.1) is 0 Å². The minimum atomic E-state index is -1.25. The fourth-order valence-corrected chi connectivity index (χ4v) is 3.53. The Labute approximate surface area is 167 Å². The second-order valence-corrected chi connectivity index (χ2v) is 7.41. The molecule has 9 nitrogen and oxygen atoms in total. The summed E-state index contributed by atoms with van der Waals surface area (Å²) >= 11 is 0. The maximum absolute atomic E-state index is 12.2. The molecule has 9 heteroatoms. The van der Waals surface area contributed by atoms with Crippen molar-refractivity contribution in [2.45, 2.75) is 44.6 Å². The van der Waals surface area contributed by atoms with Crippen LogP contribution >= 0.6 is 0 Å². The number of carbonyl (C=O) groups is 2. The second-order valence-electron chi connectivity index (χ2n) is 7.41. The number of aromatic nitrogens is 2. The number of hydrogen-bond donors (Lipinski definition) is 3. The Balaban J connectivity index is 1.47. The van der Waals surface area contributed by atoms with Gasteiger partial charge in [0.1, 0.15) is 17.5 Å². The van der Waals surface area contributed by atoms with E-state index in [0.29, 0.717) is 24.5 Å². The van der Waals surface area contributed by atoms with Crippen molar-refractivity contribution in [3.63, 3.8) is 0 Å². The quantitative estimate of drug-likeness (QED) is 0.683. The van der Waals surface area contributed by atoms with E-state index in [9.17, 15) is 9.59 Å². The van der Waals surface area contributed by atoms with Gasteiger partial charge in [-0.25, -0.2) is 14.8 Å². The van der Waals surface area contributed by atoms with Gasteiger partial charge < -0.3 is 25.2 Å². The summed E-state index contributed by atoms with van der Waals surface area (Å²) in [7, 11) is 0. The summed E-state index contributed by atoms with van der Waals surface area (Å²) in [6.45, 7) is 4.41. The van der Waals surface area contributed by atoms with Crippen molar-refractivity contribution in [2.75, 3.05) is 11.9 Å². The number of amides is 2. The summed E-state index contributed by atoms with van der Waals surface area (Å²) in [4.78, 5) is 31.2. The van der Waals surface area contributed by atoms with Gasteiger partial charge in [0.05, 0.1) is 24.7 Å². The lowest BCUT2D eigenvalue weighted by molar-refractivity contribution is -0.118. The Morgan fingerprint density at radius 2 is 2.03 bits per heavy atom. The van der Waals surface area contributed by atoms with E-state index < -0.39 is 18.0 Å². The Morgan fingerprint density at radius 1 is 1.31 bits per heavy atom. The summed E-state index contributed by atoms with van der Waals surface area (Å²) in [5, 5.41) is 13.5. The molecule has 1 atom stereocenters. The lowest BCUT2D eigenvalue weighted by Crippen LogP contribution is -2.42. The molecule has 2 amide bonds. The molecule has 1 saturated carbocycles. The van der Waals surface area contributed by atoms with Gasteiger partial charge in [0.15, 0.2) is 0 Å². The Kier molecular flexibility index (Phi) is 4.73. The van der Waals surface area contributed by atoms with Gasteiger partial charge in [-0.1, -0.05) is 13.0 Å². The van der Waals surface area contributed by atoms with E-state index >= 15 is 0 Å². The molecule has 1 fully saturated rings. The van der Waals surface area contributed by atoms with Crippen molar-refractivity contribution in [2.24, 2.45) is 0 Å². The summed E-state index contributed by atoms with van der Waals surface area (Å²) in [6, 6.07) is 3.16. The van der Waals surface area contributed by atoms with E-state index in [1.165, 1.54) is 12.4 Å². The molecule has 1 aromatic carbocycles. The van der Waals surface area contributed by atoms with Crippen LogP contribution in [-0.4, -0.2) is 39.7 Å². The van der Waals surface area contributed by atoms with E-state index in [0.717, 1.165) is 29.7 Å². The van der Waals surface area contributed by atoms with Crippen molar-refractivity contribution >= 4 is 17.7 Å². The molecule has 152 valence electrons. The summed E-state index contributed by atoms with van der Waals surface area (Å²) in [5.74, 6) is 1.10. The minimum absolute atomic E-state index is 0.0525. The molecule has 0 saturated heterocycles. The molecule has 1 aromatic heterocycles. The van der Waals surface area contributed by atoms with Crippen LogP contribution in [0.25, 0.3) is 0 Å². The predicted octanol–water partition coefficient (Wildman–Crippen LogP) is 2.99. The number of ether oxygens (including phenoxy) is 2. The van der Waals surface area contributed by atoms with Crippen molar-refractivity contribution in [1.29, 1.82) is 0 Å². The van der Waals surface area contributed by atoms with Gasteiger partial charge in [-0.05, 0) is 37.8 Å². The van der Waals surface area contributed by atoms with Crippen molar-refractivity contribution < 1.29 is 24.2 Å². The highest BCUT2D eigenvalue weighted by molar-refractivity contribution is 5.96. The van der Waals surface area contributed by atoms with Crippen LogP contribution in [0.4, 0.5) is 10.5 Å². The van der Waals surface area contributed by atoms with E-state index in [1.54, 1.807) is 6.92 Å². The number of carbonyl (C=O) groups excluding carboxylic acids is 1. The number of rotatable bonds is 6. The van der Waals surface area contributed by atoms with E-state index in [1.807, 2.05) is 19.1 Å². The van der Waals surface area contributed by atoms with Crippen molar-refractivity contribution in [3.8, 4) is 17.5 Å². The van der Waals surface area contributed by atoms with Crippen LogP contribution in [0, 0.1) is 6.92 Å². The molecule has 1 aliphatic carbocycles. The average molecular weight is 398 g/mol. The van der Waals surface area contributed by atoms with Gasteiger partial charge >= 0.3 is 12.1 Å². The Hall–Kier alpha value is -3.36. The first-order chi connectivity index (χ1) is 13.9. The molecule has 0 radical (unpaired) electrons. The number of nitrogens with zero attached hydrogens (tertiary/aromatic N) is 2. The number of aryl methyl sites for hydroxylation is 1. The van der Waals surface area contributed by atoms with Gasteiger partial charge in [0.2, 0.25) is 5.91 Å². The molecule has 0 bridgehead atoms. The average Bonchev–Trinajstić information content (AvgIpc) is 3.37. The van der Waals surface area contributed by atoms with E-state index in [4.69, 9.17) is 14.6 Å². The maximum atomic E-state index is 12.2. The lowest BCUT2D eigenvalue weighted by Gasteiger charge is -2.15. The third-order valence-electron chi connectivity index (χ3n) is 5.31. The summed E-state index contributed by atoms with van der Waals surface area (Å²) < 4.78 is 11.8. The molecular weight excluding hydrogens is 376 g/mol. The fourth-order valence-electron chi connectivity index (χ4n) is 3.53. The zero-order valence-corrected chi connectivity index (χ0v) is 16.2. The molecule has 1 aliphatic heterocycles. The summed E-state index contributed by atoms with van der Waals surface area (Å²) in [5.41, 5.74) is 2.57. The highest BCUT2D eigenvalue weighted by Crippen LogP contribution is 2.59. The third kappa shape index (κ3) is 3.67. The molecule has 29 heavy (non-hydrogen) atoms. The zero-order valence-electron chi connectivity index (χ0n) is 16.2. The first kappa shape index (κ1) is 19.0. The van der Waals surface area contributed by atoms with Crippen molar-refractivity contribution in [3.05, 3.63) is 35.7 Å². The molecule has 2 aromatic rings. The smallest absolute Gasteiger partial charge is 0.405 e. The van der Waals surface area contributed by atoms with Gasteiger partial charge in [0, 0.05) is 11.0 Å². The molecule has 4 rings (SSSR count). The van der Waals surface area contributed by atoms with E-state index in [-0.39, 0.29) is 11.4 Å². The monoisotopic (exact) mass is 398 g/mol. The first-order valence-corrected chi connectivity index (χ1v) is 9.49. The van der Waals surface area contributed by atoms with Gasteiger partial charge in [-0.3, -0.25) is 4.79 Å². The topological polar surface area (TPSA) is 123 Å². The molecule has 2 aliphatic rings. The minimum Gasteiger partial charge on any atom is -0.492 e. The van der Waals surface area contributed by atoms with E-state index in [2.05, 4.69) is 20.6 Å². The third-order valence-corrected chi connectivity index (χ3v) is 5.31. The van der Waals surface area contributed by atoms with Crippen LogP contribution in [0.1, 0.15) is 37.3 Å². The number of fused-ring (bicyclic) bond motifs is 2. The molecule has 1 spiro atoms. The number of anilines is 1. The molecule has 0 unspecified atom stereocenters. The second kappa shape index (κ2) is 7.23. The summed E-state index contributed by atoms with van der Waals surface area (Å²) in [6.07, 6.45) is 4.07. The lowest BCUT2D eigenvalue weighted by atomic mass is 9.95. The number of nitrogens with one attached hydrogen (secondary N) is 2. The molecule has 2 heterocycles. The number of hydrogen-bond acceptors (Lipinski definition) is 6. The number of benzene rings is 1. The Morgan fingerprint density at radius 3 is 2.66 bits per heavy atom. The first-order valence-electron chi connectivity index (χ1n) is 9.49. The van der Waals surface area contributed by atoms with Crippen LogP contribution in [0.15, 0.2) is 24.5 Å².